The summed E-state index contributed by atoms with van der Waals surface area (Å²) in [5.41, 5.74) is 0. The first-order chi connectivity index (χ1) is 15.7. The second-order valence-electron chi connectivity index (χ2n) is 5.29. The zero-order chi connectivity index (χ0) is 23.3. The summed E-state index contributed by atoms with van der Waals surface area (Å²) in [5, 5.41) is 23.1. The van der Waals surface area contributed by atoms with Crippen molar-refractivity contribution in [1.82, 2.24) is 19.9 Å². The van der Waals surface area contributed by atoms with E-state index < -0.39 is 0 Å². The maximum atomic E-state index is 7.13. The minimum atomic E-state index is 0. The van der Waals surface area contributed by atoms with E-state index >= 15 is 0 Å². The first-order valence-electron chi connectivity index (χ1n) is 8.94. The fraction of sp³-hybridized carbons (Fsp3) is 0. The van der Waals surface area contributed by atoms with E-state index in [1.165, 1.54) is 10.3 Å². The van der Waals surface area contributed by atoms with E-state index in [1.54, 1.807) is 24.8 Å². The number of isothiocyanates is 2. The van der Waals surface area contributed by atoms with Gasteiger partial charge < -0.3 is 21.5 Å². The van der Waals surface area contributed by atoms with Crippen LogP contribution in [0.3, 0.4) is 0 Å². The second kappa shape index (κ2) is 20.2. The van der Waals surface area contributed by atoms with E-state index in [0.29, 0.717) is 0 Å². The summed E-state index contributed by atoms with van der Waals surface area (Å²) >= 11 is 7.40. The Morgan fingerprint density at radius 1 is 0.515 bits per heavy atom. The van der Waals surface area contributed by atoms with Crippen LogP contribution in [0, 0.1) is 0 Å². The van der Waals surface area contributed by atoms with Gasteiger partial charge in [-0.2, -0.15) is 10.3 Å². The normalized spacial score (nSPS) is 8.00. The van der Waals surface area contributed by atoms with Crippen molar-refractivity contribution in [3.63, 3.8) is 0 Å². The Morgan fingerprint density at radius 2 is 0.727 bits per heavy atom. The molecule has 0 saturated heterocycles. The number of anilines is 4. The van der Waals surface area contributed by atoms with Crippen molar-refractivity contribution in [3.05, 3.63) is 108 Å². The summed E-state index contributed by atoms with van der Waals surface area (Å²) < 4.78 is 0. The molecule has 4 heterocycles. The molecule has 168 valence electrons. The van der Waals surface area contributed by atoms with Crippen LogP contribution >= 0.6 is 24.4 Å². The van der Waals surface area contributed by atoms with Gasteiger partial charge in [0.1, 0.15) is 23.3 Å². The fourth-order valence-electron chi connectivity index (χ4n) is 2.01. The van der Waals surface area contributed by atoms with Crippen molar-refractivity contribution >= 4 is 58.0 Å². The van der Waals surface area contributed by atoms with Crippen LogP contribution in [-0.2, 0) is 16.5 Å². The molecule has 4 aromatic heterocycles. The molecule has 0 aliphatic rings. The molecule has 4 rings (SSSR count). The van der Waals surface area contributed by atoms with Crippen molar-refractivity contribution in [3.8, 4) is 0 Å². The van der Waals surface area contributed by atoms with Crippen molar-refractivity contribution in [2.45, 2.75) is 0 Å². The number of nitrogens with zero attached hydrogens (tertiary/aromatic N) is 6. The summed E-state index contributed by atoms with van der Waals surface area (Å²) in [6.45, 7) is 0. The van der Waals surface area contributed by atoms with E-state index in [0.717, 1.165) is 23.3 Å². The molecule has 0 aliphatic heterocycles. The standard InChI is InChI=1S/2C10H9N3.2CNS.Ni/c2*1-3-7-11-9(5-1)13-10-6-2-4-8-12-10;2*2-1-3;/h2*1-8H,(H,11,12,13);;;/q;;2*-1;+2. The molecule has 0 aliphatic carbocycles. The van der Waals surface area contributed by atoms with Crippen LogP contribution in [0.4, 0.5) is 23.3 Å². The third-order valence-corrected chi connectivity index (χ3v) is 3.17. The molecule has 33 heavy (non-hydrogen) atoms. The first-order valence-corrected chi connectivity index (χ1v) is 9.75. The van der Waals surface area contributed by atoms with Gasteiger partial charge in [-0.25, -0.2) is 19.9 Å². The summed E-state index contributed by atoms with van der Waals surface area (Å²) in [4.78, 5) is 16.5. The summed E-state index contributed by atoms with van der Waals surface area (Å²) in [5.74, 6) is 3.23. The van der Waals surface area contributed by atoms with Gasteiger partial charge in [0.15, 0.2) is 0 Å². The summed E-state index contributed by atoms with van der Waals surface area (Å²) in [6.07, 6.45) is 6.97. The number of hydrogen-bond acceptors (Lipinski definition) is 8. The molecule has 0 saturated carbocycles. The number of hydrogen-bond donors (Lipinski definition) is 2. The molecule has 11 heteroatoms. The van der Waals surface area contributed by atoms with E-state index in [-0.39, 0.29) is 16.5 Å². The van der Waals surface area contributed by atoms with Crippen molar-refractivity contribution in [1.29, 1.82) is 0 Å². The number of rotatable bonds is 4. The number of nitrogens with one attached hydrogen (secondary N) is 2. The monoisotopic (exact) mass is 516 g/mol. The topological polar surface area (TPSA) is 120 Å². The van der Waals surface area contributed by atoms with Crippen LogP contribution in [-0.4, -0.2) is 30.3 Å². The van der Waals surface area contributed by atoms with Crippen LogP contribution in [0.15, 0.2) is 97.6 Å². The minimum absolute atomic E-state index is 0. The third-order valence-electron chi connectivity index (χ3n) is 3.17. The van der Waals surface area contributed by atoms with E-state index in [1.807, 2.05) is 72.8 Å². The molecule has 0 atom stereocenters. The number of pyridine rings is 4. The van der Waals surface area contributed by atoms with Gasteiger partial charge in [-0.15, -0.1) is 0 Å². The maximum Gasteiger partial charge on any atom is 2.00 e. The molecule has 8 nitrogen and oxygen atoms in total. The van der Waals surface area contributed by atoms with Gasteiger partial charge in [0.05, 0.1) is 0 Å². The number of aromatic nitrogens is 4. The number of thiocarbonyl (C=S) groups is 2. The average Bonchev–Trinajstić information content (AvgIpc) is 2.83. The van der Waals surface area contributed by atoms with Gasteiger partial charge in [-0.3, -0.25) is 0 Å². The Labute approximate surface area is 212 Å². The van der Waals surface area contributed by atoms with Gasteiger partial charge in [0.25, 0.3) is 0 Å². The Kier molecular flexibility index (Phi) is 17.9. The molecule has 0 fully saturated rings. The quantitative estimate of drug-likeness (QED) is 0.199. The molecule has 2 N–H and O–H groups in total. The molecular weight excluding hydrogens is 499 g/mol. The Hall–Kier alpha value is -3.71. The zero-order valence-corrected chi connectivity index (χ0v) is 19.7. The molecular formula is C22H18N8NiS2. The van der Waals surface area contributed by atoms with Gasteiger partial charge in [-0.1, -0.05) is 48.7 Å². The Balaban J connectivity index is 0.000000491. The van der Waals surface area contributed by atoms with Gasteiger partial charge in [0.2, 0.25) is 0 Å². The fourth-order valence-corrected chi connectivity index (χ4v) is 2.01. The van der Waals surface area contributed by atoms with Crippen molar-refractivity contribution in [2.75, 3.05) is 10.6 Å². The van der Waals surface area contributed by atoms with E-state index in [4.69, 9.17) is 10.8 Å². The predicted molar refractivity (Wildman–Crippen MR) is 135 cm³/mol. The van der Waals surface area contributed by atoms with E-state index in [9.17, 15) is 0 Å². The molecule has 4 aromatic rings. The van der Waals surface area contributed by atoms with Crippen LogP contribution in [0.5, 0.6) is 0 Å². The van der Waals surface area contributed by atoms with Gasteiger partial charge in [-0.05, 0) is 48.5 Å². The van der Waals surface area contributed by atoms with Crippen molar-refractivity contribution in [2.24, 2.45) is 0 Å². The molecule has 0 radical (unpaired) electrons. The van der Waals surface area contributed by atoms with Crippen LogP contribution in [0.2, 0.25) is 0 Å². The first kappa shape index (κ1) is 29.3. The third kappa shape index (κ3) is 14.8. The Morgan fingerprint density at radius 3 is 0.879 bits per heavy atom. The Bertz CT molecular complexity index is 897. The van der Waals surface area contributed by atoms with Gasteiger partial charge in [0, 0.05) is 24.8 Å². The smallest absolute Gasteiger partial charge is 0.753 e. The zero-order valence-electron chi connectivity index (χ0n) is 17.1. The largest absolute Gasteiger partial charge is 2.00 e. The molecule has 0 bridgehead atoms. The molecule has 0 spiro atoms. The summed E-state index contributed by atoms with van der Waals surface area (Å²) in [6, 6.07) is 22.8. The average molecular weight is 517 g/mol. The van der Waals surface area contributed by atoms with E-state index in [2.05, 4.69) is 55.0 Å². The molecule has 0 unspecified atom stereocenters. The van der Waals surface area contributed by atoms with Crippen LogP contribution < -0.4 is 10.6 Å². The predicted octanol–water partition coefficient (Wildman–Crippen LogP) is 5.76. The maximum absolute atomic E-state index is 7.13. The van der Waals surface area contributed by atoms with Crippen molar-refractivity contribution < 1.29 is 16.5 Å². The van der Waals surface area contributed by atoms with Crippen LogP contribution in [0.25, 0.3) is 10.8 Å². The molecule has 0 amide bonds. The van der Waals surface area contributed by atoms with Crippen LogP contribution in [0.1, 0.15) is 0 Å². The molecule has 0 aromatic carbocycles. The minimum Gasteiger partial charge on any atom is -0.753 e. The SMILES string of the molecule is [N-]=C=S.[N-]=C=S.[Ni+2].c1ccc(Nc2ccccn2)nc1.c1ccc(Nc2ccccn2)nc1. The summed E-state index contributed by atoms with van der Waals surface area (Å²) in [7, 11) is 0. The van der Waals surface area contributed by atoms with Gasteiger partial charge >= 0.3 is 16.5 Å². The second-order valence-corrected chi connectivity index (χ2v) is 5.66.